The van der Waals surface area contributed by atoms with Gasteiger partial charge in [-0.15, -0.1) is 0 Å². The molecular formula is C14H22BrNO3S. The van der Waals surface area contributed by atoms with Crippen molar-refractivity contribution in [2.24, 2.45) is 0 Å². The van der Waals surface area contributed by atoms with E-state index < -0.39 is 9.84 Å². The first kappa shape index (κ1) is 17.6. The summed E-state index contributed by atoms with van der Waals surface area (Å²) in [6, 6.07) is 6.69. The lowest BCUT2D eigenvalue weighted by atomic mass is 10.3. The number of aliphatic hydroxyl groups is 1. The number of sulfone groups is 1. The summed E-state index contributed by atoms with van der Waals surface area (Å²) in [6.45, 7) is 3.96. The van der Waals surface area contributed by atoms with Crippen LogP contribution in [0.1, 0.15) is 19.8 Å². The molecule has 1 N–H and O–H groups in total. The Balaban J connectivity index is 2.62. The van der Waals surface area contributed by atoms with Gasteiger partial charge in [-0.05, 0) is 37.2 Å². The minimum absolute atomic E-state index is 0.0576. The van der Waals surface area contributed by atoms with E-state index in [0.717, 1.165) is 23.9 Å². The van der Waals surface area contributed by atoms with Crippen LogP contribution in [0.4, 0.5) is 0 Å². The van der Waals surface area contributed by atoms with Crippen molar-refractivity contribution < 1.29 is 13.5 Å². The van der Waals surface area contributed by atoms with Crippen molar-refractivity contribution in [2.45, 2.75) is 24.7 Å². The summed E-state index contributed by atoms with van der Waals surface area (Å²) in [7, 11) is -3.26. The maximum atomic E-state index is 12.2. The van der Waals surface area contributed by atoms with E-state index in [0.29, 0.717) is 18.0 Å². The SMILES string of the molecule is CCCCN(CCO)CCS(=O)(=O)c1ccc(Br)cc1. The van der Waals surface area contributed by atoms with Crippen LogP contribution in [0, 0.1) is 0 Å². The Kier molecular flexibility index (Phi) is 7.72. The van der Waals surface area contributed by atoms with Crippen LogP contribution < -0.4 is 0 Å². The van der Waals surface area contributed by atoms with Gasteiger partial charge in [-0.1, -0.05) is 29.3 Å². The zero-order valence-electron chi connectivity index (χ0n) is 11.8. The summed E-state index contributed by atoms with van der Waals surface area (Å²) in [5, 5.41) is 9.02. The summed E-state index contributed by atoms with van der Waals surface area (Å²) in [4.78, 5) is 2.35. The lowest BCUT2D eigenvalue weighted by Gasteiger charge is -2.20. The van der Waals surface area contributed by atoms with Crippen LogP contribution in [0.15, 0.2) is 33.6 Å². The summed E-state index contributed by atoms with van der Waals surface area (Å²) < 4.78 is 25.3. The fraction of sp³-hybridized carbons (Fsp3) is 0.571. The van der Waals surface area contributed by atoms with Crippen molar-refractivity contribution in [1.29, 1.82) is 0 Å². The van der Waals surface area contributed by atoms with E-state index in [-0.39, 0.29) is 12.4 Å². The van der Waals surface area contributed by atoms with Crippen LogP contribution in [-0.4, -0.2) is 50.4 Å². The molecule has 4 nitrogen and oxygen atoms in total. The highest BCUT2D eigenvalue weighted by molar-refractivity contribution is 9.10. The molecule has 0 spiro atoms. The number of rotatable bonds is 9. The Morgan fingerprint density at radius 3 is 2.35 bits per heavy atom. The average Bonchev–Trinajstić information content (AvgIpc) is 2.42. The van der Waals surface area contributed by atoms with Crippen LogP contribution in [0.25, 0.3) is 0 Å². The van der Waals surface area contributed by atoms with Gasteiger partial charge in [0.2, 0.25) is 0 Å². The molecule has 6 heteroatoms. The summed E-state index contributed by atoms with van der Waals surface area (Å²) in [5.41, 5.74) is 0. The molecule has 0 aliphatic heterocycles. The standard InChI is InChI=1S/C14H22BrNO3S/c1-2-3-8-16(9-11-17)10-12-20(18,19)14-6-4-13(15)5-7-14/h4-7,17H,2-3,8-12H2,1H3. The molecule has 0 aliphatic rings. The molecule has 0 heterocycles. The Hall–Kier alpha value is -0.430. The molecule has 0 bridgehead atoms. The number of halogens is 1. The van der Waals surface area contributed by atoms with E-state index in [1.807, 2.05) is 4.90 Å². The molecule has 0 saturated carbocycles. The monoisotopic (exact) mass is 363 g/mol. The van der Waals surface area contributed by atoms with Crippen molar-refractivity contribution in [3.8, 4) is 0 Å². The lowest BCUT2D eigenvalue weighted by molar-refractivity contribution is 0.201. The topological polar surface area (TPSA) is 57.6 Å². The third-order valence-corrected chi connectivity index (χ3v) is 5.33. The largest absolute Gasteiger partial charge is 0.395 e. The van der Waals surface area contributed by atoms with Crippen LogP contribution in [0.2, 0.25) is 0 Å². The Bertz CT molecular complexity index is 488. The Morgan fingerprint density at radius 2 is 1.80 bits per heavy atom. The van der Waals surface area contributed by atoms with E-state index in [9.17, 15) is 8.42 Å². The molecule has 1 aromatic rings. The van der Waals surface area contributed by atoms with Gasteiger partial charge in [-0.2, -0.15) is 0 Å². The van der Waals surface area contributed by atoms with Crippen LogP contribution >= 0.6 is 15.9 Å². The minimum atomic E-state index is -3.26. The molecule has 0 aromatic heterocycles. The summed E-state index contributed by atoms with van der Waals surface area (Å²) in [6.07, 6.45) is 2.07. The van der Waals surface area contributed by atoms with Crippen LogP contribution in [0.3, 0.4) is 0 Å². The third-order valence-electron chi connectivity index (χ3n) is 3.09. The van der Waals surface area contributed by atoms with Gasteiger partial charge in [-0.25, -0.2) is 8.42 Å². The quantitative estimate of drug-likeness (QED) is 0.731. The zero-order chi connectivity index (χ0) is 15.0. The molecule has 0 unspecified atom stereocenters. The van der Waals surface area contributed by atoms with Crippen LogP contribution in [0.5, 0.6) is 0 Å². The smallest absolute Gasteiger partial charge is 0.179 e. The van der Waals surface area contributed by atoms with Gasteiger partial charge in [0.1, 0.15) is 0 Å². The number of unbranched alkanes of at least 4 members (excludes halogenated alkanes) is 1. The fourth-order valence-corrected chi connectivity index (χ4v) is 3.42. The molecule has 1 aromatic carbocycles. The highest BCUT2D eigenvalue weighted by Gasteiger charge is 2.16. The summed E-state index contributed by atoms with van der Waals surface area (Å²) in [5.74, 6) is 0.0817. The highest BCUT2D eigenvalue weighted by Crippen LogP contribution is 2.16. The fourth-order valence-electron chi connectivity index (χ4n) is 1.87. The highest BCUT2D eigenvalue weighted by atomic mass is 79.9. The normalized spacial score (nSPS) is 12.0. The third kappa shape index (κ3) is 5.91. The number of nitrogens with zero attached hydrogens (tertiary/aromatic N) is 1. The van der Waals surface area contributed by atoms with Crippen molar-refractivity contribution in [2.75, 3.05) is 32.0 Å². The average molecular weight is 364 g/mol. The van der Waals surface area contributed by atoms with Crippen molar-refractivity contribution >= 4 is 25.8 Å². The van der Waals surface area contributed by atoms with E-state index in [1.165, 1.54) is 0 Å². The molecular weight excluding hydrogens is 342 g/mol. The van der Waals surface area contributed by atoms with Crippen molar-refractivity contribution in [1.82, 2.24) is 4.90 Å². The number of benzene rings is 1. The van der Waals surface area contributed by atoms with Gasteiger partial charge in [0.05, 0.1) is 17.3 Å². The second-order valence-electron chi connectivity index (χ2n) is 4.69. The van der Waals surface area contributed by atoms with E-state index in [1.54, 1.807) is 24.3 Å². The summed E-state index contributed by atoms with van der Waals surface area (Å²) >= 11 is 3.29. The Labute approximate surface area is 129 Å². The number of hydrogen-bond acceptors (Lipinski definition) is 4. The predicted octanol–water partition coefficient (Wildman–Crippen LogP) is 2.32. The Morgan fingerprint density at radius 1 is 1.15 bits per heavy atom. The van der Waals surface area contributed by atoms with Gasteiger partial charge in [0.25, 0.3) is 0 Å². The minimum Gasteiger partial charge on any atom is -0.395 e. The molecule has 0 saturated heterocycles. The van der Waals surface area contributed by atoms with Gasteiger partial charge >= 0.3 is 0 Å². The second-order valence-corrected chi connectivity index (χ2v) is 7.72. The molecule has 20 heavy (non-hydrogen) atoms. The first-order chi connectivity index (χ1) is 9.49. The zero-order valence-corrected chi connectivity index (χ0v) is 14.2. The number of aliphatic hydroxyl groups excluding tert-OH is 1. The van der Waals surface area contributed by atoms with Gasteiger partial charge in [0.15, 0.2) is 9.84 Å². The first-order valence-corrected chi connectivity index (χ1v) is 9.25. The van der Waals surface area contributed by atoms with Crippen molar-refractivity contribution in [3.63, 3.8) is 0 Å². The first-order valence-electron chi connectivity index (χ1n) is 6.81. The number of hydrogen-bond donors (Lipinski definition) is 1. The van der Waals surface area contributed by atoms with Gasteiger partial charge in [-0.3, -0.25) is 0 Å². The lowest BCUT2D eigenvalue weighted by Crippen LogP contribution is -2.32. The molecule has 0 atom stereocenters. The maximum Gasteiger partial charge on any atom is 0.179 e. The molecule has 0 amide bonds. The van der Waals surface area contributed by atoms with Gasteiger partial charge in [0, 0.05) is 17.6 Å². The maximum absolute atomic E-state index is 12.2. The molecule has 0 radical (unpaired) electrons. The molecule has 114 valence electrons. The van der Waals surface area contributed by atoms with Crippen molar-refractivity contribution in [3.05, 3.63) is 28.7 Å². The molecule has 0 fully saturated rings. The van der Waals surface area contributed by atoms with E-state index in [4.69, 9.17) is 5.11 Å². The van der Waals surface area contributed by atoms with Gasteiger partial charge < -0.3 is 10.0 Å². The van der Waals surface area contributed by atoms with E-state index in [2.05, 4.69) is 22.9 Å². The van der Waals surface area contributed by atoms with Crippen LogP contribution in [-0.2, 0) is 9.84 Å². The molecule has 0 aliphatic carbocycles. The van der Waals surface area contributed by atoms with E-state index >= 15 is 0 Å². The molecule has 1 rings (SSSR count). The second kappa shape index (κ2) is 8.77. The predicted molar refractivity (Wildman–Crippen MR) is 84.6 cm³/mol.